The van der Waals surface area contributed by atoms with E-state index in [0.29, 0.717) is 24.9 Å². The number of carbonyl (C=O) groups is 1. The van der Waals surface area contributed by atoms with E-state index < -0.39 is 0 Å². The van der Waals surface area contributed by atoms with Crippen LogP contribution < -0.4 is 10.6 Å². The van der Waals surface area contributed by atoms with Gasteiger partial charge in [0, 0.05) is 18.9 Å². The van der Waals surface area contributed by atoms with E-state index in [1.54, 1.807) is 6.20 Å². The van der Waals surface area contributed by atoms with Crippen LogP contribution in [-0.4, -0.2) is 23.5 Å². The van der Waals surface area contributed by atoms with Crippen LogP contribution in [0.25, 0.3) is 0 Å². The molecule has 2 N–H and O–H groups in total. The van der Waals surface area contributed by atoms with Crippen molar-refractivity contribution in [3.63, 3.8) is 0 Å². The molecule has 1 aromatic heterocycles. The second kappa shape index (κ2) is 5.82. The summed E-state index contributed by atoms with van der Waals surface area (Å²) >= 11 is 0. The summed E-state index contributed by atoms with van der Waals surface area (Å²) in [6.45, 7) is 3.41. The molecule has 1 aliphatic heterocycles. The molecule has 1 aliphatic rings. The molecular weight excluding hydrogens is 218 g/mol. The minimum absolute atomic E-state index is 0.0562. The molecule has 0 aliphatic carbocycles. The first kappa shape index (κ1) is 12.1. The van der Waals surface area contributed by atoms with Crippen LogP contribution in [0.2, 0.25) is 0 Å². The fourth-order valence-corrected chi connectivity index (χ4v) is 1.99. The highest BCUT2D eigenvalue weighted by Crippen LogP contribution is 2.08. The largest absolute Gasteiger partial charge is 0.444 e. The molecule has 1 fully saturated rings. The Morgan fingerprint density at radius 3 is 3.24 bits per heavy atom. The maximum Gasteiger partial charge on any atom is 0.221 e. The number of aromatic nitrogens is 1. The summed E-state index contributed by atoms with van der Waals surface area (Å²) < 4.78 is 5.41. The monoisotopic (exact) mass is 237 g/mol. The summed E-state index contributed by atoms with van der Waals surface area (Å²) in [6, 6.07) is 0.339. The number of aryl methyl sites for hydroxylation is 1. The normalized spacial score (nSPS) is 19.5. The molecule has 94 valence electrons. The summed E-state index contributed by atoms with van der Waals surface area (Å²) in [7, 11) is 0. The highest BCUT2D eigenvalue weighted by Gasteiger charge is 2.17. The van der Waals surface area contributed by atoms with Crippen LogP contribution in [0.15, 0.2) is 10.6 Å². The summed E-state index contributed by atoms with van der Waals surface area (Å²) in [5, 5.41) is 6.13. The summed E-state index contributed by atoms with van der Waals surface area (Å²) in [5.41, 5.74) is 0. The molecule has 1 amide bonds. The molecule has 5 heteroatoms. The third kappa shape index (κ3) is 3.56. The predicted molar refractivity (Wildman–Crippen MR) is 63.4 cm³/mol. The molecule has 0 bridgehead atoms. The second-order valence-corrected chi connectivity index (χ2v) is 4.35. The van der Waals surface area contributed by atoms with Gasteiger partial charge in [-0.1, -0.05) is 6.92 Å². The van der Waals surface area contributed by atoms with Crippen LogP contribution in [0.4, 0.5) is 0 Å². The molecule has 0 spiro atoms. The molecule has 0 aromatic carbocycles. The standard InChI is InChI=1S/C12H19N3O2/c1-2-10-7-15-12(17-10)8-14-11(16)6-9-4-3-5-13-9/h7,9,13H,2-6,8H2,1H3,(H,14,16). The predicted octanol–water partition coefficient (Wildman–Crippen LogP) is 0.995. The molecular formula is C12H19N3O2. The fourth-order valence-electron chi connectivity index (χ4n) is 1.99. The Morgan fingerprint density at radius 2 is 2.59 bits per heavy atom. The fraction of sp³-hybridized carbons (Fsp3) is 0.667. The number of nitrogens with one attached hydrogen (secondary N) is 2. The van der Waals surface area contributed by atoms with Crippen molar-refractivity contribution in [1.29, 1.82) is 0 Å². The zero-order chi connectivity index (χ0) is 12.1. The van der Waals surface area contributed by atoms with E-state index in [4.69, 9.17) is 4.42 Å². The summed E-state index contributed by atoms with van der Waals surface area (Å²) in [6.07, 6.45) is 5.33. The van der Waals surface area contributed by atoms with E-state index in [-0.39, 0.29) is 5.91 Å². The Labute approximate surface area is 101 Å². The first-order valence-corrected chi connectivity index (χ1v) is 6.21. The number of oxazole rings is 1. The van der Waals surface area contributed by atoms with Gasteiger partial charge >= 0.3 is 0 Å². The minimum Gasteiger partial charge on any atom is -0.444 e. The SMILES string of the molecule is CCc1cnc(CNC(=O)CC2CCCN2)o1. The Hall–Kier alpha value is -1.36. The number of rotatable bonds is 5. The lowest BCUT2D eigenvalue weighted by molar-refractivity contribution is -0.121. The molecule has 1 aromatic rings. The van der Waals surface area contributed by atoms with Crippen LogP contribution in [0.3, 0.4) is 0 Å². The van der Waals surface area contributed by atoms with Crippen molar-refractivity contribution in [1.82, 2.24) is 15.6 Å². The lowest BCUT2D eigenvalue weighted by Crippen LogP contribution is -2.31. The number of hydrogen-bond donors (Lipinski definition) is 2. The Morgan fingerprint density at radius 1 is 1.71 bits per heavy atom. The zero-order valence-corrected chi connectivity index (χ0v) is 10.2. The summed E-state index contributed by atoms with van der Waals surface area (Å²) in [5.74, 6) is 1.49. The number of carbonyl (C=O) groups excluding carboxylic acids is 1. The number of nitrogens with zero attached hydrogens (tertiary/aromatic N) is 1. The van der Waals surface area contributed by atoms with Gasteiger partial charge in [0.15, 0.2) is 0 Å². The first-order valence-electron chi connectivity index (χ1n) is 6.21. The lowest BCUT2D eigenvalue weighted by atomic mass is 10.1. The highest BCUT2D eigenvalue weighted by atomic mass is 16.4. The molecule has 0 radical (unpaired) electrons. The van der Waals surface area contributed by atoms with E-state index in [9.17, 15) is 4.79 Å². The van der Waals surface area contributed by atoms with Gasteiger partial charge in [0.25, 0.3) is 0 Å². The van der Waals surface area contributed by atoms with Crippen molar-refractivity contribution >= 4 is 5.91 Å². The van der Waals surface area contributed by atoms with Crippen molar-refractivity contribution in [2.45, 2.75) is 45.2 Å². The van der Waals surface area contributed by atoms with Crippen LogP contribution in [-0.2, 0) is 17.8 Å². The van der Waals surface area contributed by atoms with Gasteiger partial charge in [-0.2, -0.15) is 0 Å². The third-order valence-corrected chi connectivity index (χ3v) is 2.98. The van der Waals surface area contributed by atoms with Crippen LogP contribution in [0.5, 0.6) is 0 Å². The van der Waals surface area contributed by atoms with Crippen molar-refractivity contribution in [2.24, 2.45) is 0 Å². The Kier molecular flexibility index (Phi) is 4.14. The second-order valence-electron chi connectivity index (χ2n) is 4.35. The van der Waals surface area contributed by atoms with Gasteiger partial charge in [-0.3, -0.25) is 4.79 Å². The van der Waals surface area contributed by atoms with Crippen molar-refractivity contribution in [3.8, 4) is 0 Å². The lowest BCUT2D eigenvalue weighted by Gasteiger charge is -2.09. The molecule has 1 unspecified atom stereocenters. The van der Waals surface area contributed by atoms with E-state index >= 15 is 0 Å². The summed E-state index contributed by atoms with van der Waals surface area (Å²) in [4.78, 5) is 15.7. The van der Waals surface area contributed by atoms with Crippen LogP contribution >= 0.6 is 0 Å². The van der Waals surface area contributed by atoms with Crippen molar-refractivity contribution < 1.29 is 9.21 Å². The quantitative estimate of drug-likeness (QED) is 0.801. The smallest absolute Gasteiger partial charge is 0.221 e. The Balaban J connectivity index is 1.71. The van der Waals surface area contributed by atoms with E-state index in [1.807, 2.05) is 6.92 Å². The van der Waals surface area contributed by atoms with Gasteiger partial charge in [0.05, 0.1) is 12.7 Å². The maximum atomic E-state index is 11.6. The molecule has 2 heterocycles. The average molecular weight is 237 g/mol. The molecule has 0 saturated carbocycles. The van der Waals surface area contributed by atoms with Gasteiger partial charge < -0.3 is 15.1 Å². The minimum atomic E-state index is 0.0562. The Bertz CT molecular complexity index is 370. The van der Waals surface area contributed by atoms with Gasteiger partial charge in [-0.15, -0.1) is 0 Å². The van der Waals surface area contributed by atoms with Gasteiger partial charge in [0.2, 0.25) is 11.8 Å². The average Bonchev–Trinajstić information content (AvgIpc) is 2.96. The highest BCUT2D eigenvalue weighted by molar-refractivity contribution is 5.76. The van der Waals surface area contributed by atoms with Crippen molar-refractivity contribution in [3.05, 3.63) is 17.8 Å². The topological polar surface area (TPSA) is 67.2 Å². The third-order valence-electron chi connectivity index (χ3n) is 2.98. The van der Waals surface area contributed by atoms with Gasteiger partial charge in [0.1, 0.15) is 5.76 Å². The van der Waals surface area contributed by atoms with E-state index in [2.05, 4.69) is 15.6 Å². The number of amides is 1. The zero-order valence-electron chi connectivity index (χ0n) is 10.2. The number of hydrogen-bond acceptors (Lipinski definition) is 4. The van der Waals surface area contributed by atoms with Crippen LogP contribution in [0.1, 0.15) is 37.8 Å². The molecule has 17 heavy (non-hydrogen) atoms. The maximum absolute atomic E-state index is 11.6. The van der Waals surface area contributed by atoms with E-state index in [0.717, 1.165) is 31.6 Å². The first-order chi connectivity index (χ1) is 8.28. The molecule has 1 saturated heterocycles. The van der Waals surface area contributed by atoms with Crippen molar-refractivity contribution in [2.75, 3.05) is 6.54 Å². The van der Waals surface area contributed by atoms with Crippen LogP contribution in [0, 0.1) is 0 Å². The van der Waals surface area contributed by atoms with Gasteiger partial charge in [-0.05, 0) is 19.4 Å². The molecule has 1 atom stereocenters. The molecule has 2 rings (SSSR count). The van der Waals surface area contributed by atoms with Gasteiger partial charge in [-0.25, -0.2) is 4.98 Å². The molecule has 5 nitrogen and oxygen atoms in total. The van der Waals surface area contributed by atoms with E-state index in [1.165, 1.54) is 0 Å².